The molecule has 0 heterocycles. The van der Waals surface area contributed by atoms with E-state index in [0.29, 0.717) is 30.3 Å². The molecule has 0 aliphatic heterocycles. The van der Waals surface area contributed by atoms with Gasteiger partial charge in [-0.3, -0.25) is 4.79 Å². The first kappa shape index (κ1) is 18.1. The van der Waals surface area contributed by atoms with Gasteiger partial charge in [0, 0.05) is 0 Å². The average molecular weight is 348 g/mol. The fourth-order valence-corrected chi connectivity index (χ4v) is 2.36. The van der Waals surface area contributed by atoms with Crippen molar-refractivity contribution in [3.63, 3.8) is 0 Å². The lowest BCUT2D eigenvalue weighted by Crippen LogP contribution is -2.39. The third-order valence-corrected chi connectivity index (χ3v) is 3.83. The lowest BCUT2D eigenvalue weighted by molar-refractivity contribution is -0.128. The summed E-state index contributed by atoms with van der Waals surface area (Å²) < 4.78 is 11.4. The van der Waals surface area contributed by atoms with Crippen molar-refractivity contribution in [2.45, 2.75) is 26.4 Å². The predicted molar refractivity (Wildman–Crippen MR) is 95.8 cm³/mol. The smallest absolute Gasteiger partial charge is 0.261 e. The van der Waals surface area contributed by atoms with Crippen molar-refractivity contribution < 1.29 is 14.3 Å². The Bertz CT molecular complexity index is 675. The summed E-state index contributed by atoms with van der Waals surface area (Å²) in [6, 6.07) is 14.9. The van der Waals surface area contributed by atoms with E-state index in [1.165, 1.54) is 0 Å². The summed E-state index contributed by atoms with van der Waals surface area (Å²) in [5, 5.41) is 3.32. The number of benzene rings is 2. The van der Waals surface area contributed by atoms with Crippen LogP contribution in [0.25, 0.3) is 0 Å². The van der Waals surface area contributed by atoms with E-state index in [9.17, 15) is 4.79 Å². The number of para-hydroxylation sites is 2. The van der Waals surface area contributed by atoms with Crippen LogP contribution in [0.1, 0.15) is 18.9 Å². The number of carbonyl (C=O) groups is 1. The molecule has 1 unspecified atom stereocenters. The predicted octanol–water partition coefficient (Wildman–Crippen LogP) is 4.00. The molecule has 24 heavy (non-hydrogen) atoms. The van der Waals surface area contributed by atoms with Crippen molar-refractivity contribution in [1.82, 2.24) is 5.32 Å². The van der Waals surface area contributed by atoms with Gasteiger partial charge in [-0.1, -0.05) is 48.9 Å². The second-order valence-electron chi connectivity index (χ2n) is 5.35. The Hall–Kier alpha value is -2.20. The molecule has 0 saturated heterocycles. The highest BCUT2D eigenvalue weighted by Crippen LogP contribution is 2.24. The van der Waals surface area contributed by atoms with Crippen molar-refractivity contribution in [1.29, 1.82) is 0 Å². The van der Waals surface area contributed by atoms with Crippen LogP contribution < -0.4 is 14.8 Å². The second-order valence-corrected chi connectivity index (χ2v) is 5.76. The van der Waals surface area contributed by atoms with E-state index in [0.717, 1.165) is 11.3 Å². The van der Waals surface area contributed by atoms with Crippen LogP contribution in [0.4, 0.5) is 0 Å². The molecular weight excluding hydrogens is 326 g/mol. The van der Waals surface area contributed by atoms with Crippen molar-refractivity contribution >= 4 is 17.5 Å². The van der Waals surface area contributed by atoms with Crippen LogP contribution in [0.2, 0.25) is 5.02 Å². The normalized spacial score (nSPS) is 11.6. The minimum Gasteiger partial charge on any atom is -0.491 e. The zero-order chi connectivity index (χ0) is 17.4. The minimum absolute atomic E-state index is 0.175. The molecule has 5 heteroatoms. The molecule has 0 radical (unpaired) electrons. The number of rotatable bonds is 8. The number of amides is 1. The summed E-state index contributed by atoms with van der Waals surface area (Å²) in [4.78, 5) is 12.2. The molecule has 0 spiro atoms. The van der Waals surface area contributed by atoms with E-state index < -0.39 is 6.10 Å². The molecule has 2 aromatic rings. The van der Waals surface area contributed by atoms with Crippen LogP contribution in [0.15, 0.2) is 48.5 Å². The SMILES string of the molecule is CCC(Oc1ccccc1Cl)C(=O)NCCOc1ccccc1C. The quantitative estimate of drug-likeness (QED) is 0.734. The van der Waals surface area contributed by atoms with E-state index in [2.05, 4.69) is 5.32 Å². The number of hydrogen-bond acceptors (Lipinski definition) is 3. The van der Waals surface area contributed by atoms with Crippen molar-refractivity contribution in [3.8, 4) is 11.5 Å². The Kier molecular flexibility index (Phi) is 6.94. The lowest BCUT2D eigenvalue weighted by atomic mass is 10.2. The van der Waals surface area contributed by atoms with E-state index in [1.807, 2.05) is 50.2 Å². The van der Waals surface area contributed by atoms with E-state index in [1.54, 1.807) is 12.1 Å². The van der Waals surface area contributed by atoms with Gasteiger partial charge in [0.05, 0.1) is 11.6 Å². The van der Waals surface area contributed by atoms with Gasteiger partial charge in [0.25, 0.3) is 5.91 Å². The third kappa shape index (κ3) is 5.17. The Morgan fingerprint density at radius 2 is 1.79 bits per heavy atom. The summed E-state index contributed by atoms with van der Waals surface area (Å²) in [5.41, 5.74) is 1.07. The van der Waals surface area contributed by atoms with E-state index in [-0.39, 0.29) is 5.91 Å². The van der Waals surface area contributed by atoms with Crippen LogP contribution in [-0.2, 0) is 4.79 Å². The fraction of sp³-hybridized carbons (Fsp3) is 0.316. The molecular formula is C19H22ClNO3. The largest absolute Gasteiger partial charge is 0.491 e. The zero-order valence-corrected chi connectivity index (χ0v) is 14.7. The van der Waals surface area contributed by atoms with Crippen LogP contribution >= 0.6 is 11.6 Å². The molecule has 2 aromatic carbocycles. The maximum Gasteiger partial charge on any atom is 0.261 e. The Morgan fingerprint density at radius 3 is 2.46 bits per heavy atom. The average Bonchev–Trinajstić information content (AvgIpc) is 2.59. The van der Waals surface area contributed by atoms with Gasteiger partial charge in [-0.25, -0.2) is 0 Å². The number of halogens is 1. The number of hydrogen-bond donors (Lipinski definition) is 1. The highest BCUT2D eigenvalue weighted by atomic mass is 35.5. The molecule has 1 amide bonds. The first-order valence-electron chi connectivity index (χ1n) is 7.99. The van der Waals surface area contributed by atoms with Crippen LogP contribution in [0.5, 0.6) is 11.5 Å². The summed E-state index contributed by atoms with van der Waals surface area (Å²) in [7, 11) is 0. The summed E-state index contributed by atoms with van der Waals surface area (Å²) >= 11 is 6.06. The lowest BCUT2D eigenvalue weighted by Gasteiger charge is -2.18. The monoisotopic (exact) mass is 347 g/mol. The van der Waals surface area contributed by atoms with Gasteiger partial charge in [0.15, 0.2) is 6.10 Å². The summed E-state index contributed by atoms with van der Waals surface area (Å²) in [5.74, 6) is 1.16. The number of carbonyl (C=O) groups excluding carboxylic acids is 1. The van der Waals surface area contributed by atoms with Crippen LogP contribution in [-0.4, -0.2) is 25.2 Å². The standard InChI is InChI=1S/C19H22ClNO3/c1-3-16(24-18-11-7-5-9-15(18)20)19(22)21-12-13-23-17-10-6-4-8-14(17)2/h4-11,16H,3,12-13H2,1-2H3,(H,21,22). The maximum absolute atomic E-state index is 12.2. The van der Waals surface area contributed by atoms with Gasteiger partial charge in [0.1, 0.15) is 18.1 Å². The first-order valence-corrected chi connectivity index (χ1v) is 8.37. The van der Waals surface area contributed by atoms with Crippen molar-refractivity contribution in [2.75, 3.05) is 13.2 Å². The van der Waals surface area contributed by atoms with Crippen LogP contribution in [0.3, 0.4) is 0 Å². The number of ether oxygens (including phenoxy) is 2. The summed E-state index contributed by atoms with van der Waals surface area (Å²) in [6.45, 7) is 4.69. The summed E-state index contributed by atoms with van der Waals surface area (Å²) in [6.07, 6.45) is -0.0289. The molecule has 0 bridgehead atoms. The highest BCUT2D eigenvalue weighted by molar-refractivity contribution is 6.32. The van der Waals surface area contributed by atoms with Gasteiger partial charge >= 0.3 is 0 Å². The highest BCUT2D eigenvalue weighted by Gasteiger charge is 2.18. The molecule has 128 valence electrons. The van der Waals surface area contributed by atoms with Gasteiger partial charge in [-0.15, -0.1) is 0 Å². The third-order valence-electron chi connectivity index (χ3n) is 3.52. The van der Waals surface area contributed by atoms with Gasteiger partial charge in [-0.05, 0) is 37.1 Å². The van der Waals surface area contributed by atoms with Gasteiger partial charge in [-0.2, -0.15) is 0 Å². The molecule has 0 saturated carbocycles. The van der Waals surface area contributed by atoms with E-state index in [4.69, 9.17) is 21.1 Å². The molecule has 4 nitrogen and oxygen atoms in total. The second kappa shape index (κ2) is 9.18. The molecule has 0 aliphatic carbocycles. The topological polar surface area (TPSA) is 47.6 Å². The van der Waals surface area contributed by atoms with Gasteiger partial charge in [0.2, 0.25) is 0 Å². The maximum atomic E-state index is 12.2. The molecule has 1 N–H and O–H groups in total. The van der Waals surface area contributed by atoms with Crippen LogP contribution in [0, 0.1) is 6.92 Å². The number of aryl methyl sites for hydroxylation is 1. The molecule has 0 aliphatic rings. The Labute approximate surface area is 147 Å². The molecule has 0 fully saturated rings. The molecule has 0 aromatic heterocycles. The fourth-order valence-electron chi connectivity index (χ4n) is 2.18. The Balaban J connectivity index is 1.80. The van der Waals surface area contributed by atoms with Gasteiger partial charge < -0.3 is 14.8 Å². The minimum atomic E-state index is -0.580. The van der Waals surface area contributed by atoms with Crippen molar-refractivity contribution in [3.05, 3.63) is 59.1 Å². The zero-order valence-electron chi connectivity index (χ0n) is 13.9. The molecule has 2 rings (SSSR count). The van der Waals surface area contributed by atoms with Crippen molar-refractivity contribution in [2.24, 2.45) is 0 Å². The first-order chi connectivity index (χ1) is 11.6. The van der Waals surface area contributed by atoms with E-state index >= 15 is 0 Å². The Morgan fingerprint density at radius 1 is 1.12 bits per heavy atom. The molecule has 1 atom stereocenters. The number of nitrogens with one attached hydrogen (secondary N) is 1.